The Morgan fingerprint density at radius 3 is 2.85 bits per heavy atom. The van der Waals surface area contributed by atoms with Gasteiger partial charge in [0.05, 0.1) is 6.20 Å². The van der Waals surface area contributed by atoms with Crippen molar-refractivity contribution >= 4 is 20.9 Å². The van der Waals surface area contributed by atoms with Crippen LogP contribution in [0.1, 0.15) is 11.1 Å². The first kappa shape index (κ1) is 14.5. The molecule has 0 saturated carbocycles. The summed E-state index contributed by atoms with van der Waals surface area (Å²) < 4.78 is 7.70. The van der Waals surface area contributed by atoms with Gasteiger partial charge >= 0.3 is 0 Å². The van der Waals surface area contributed by atoms with E-state index in [1.165, 1.54) is 0 Å². The number of hydrogen-bond donors (Lipinski definition) is 0. The molecule has 1 aromatic heterocycles. The Bertz CT molecular complexity index is 605. The number of benzene rings is 1. The fraction of sp³-hybridized carbons (Fsp3) is 0.333. The molecule has 0 bridgehead atoms. The molecule has 0 amide bonds. The maximum absolute atomic E-state index is 5.90. The van der Waals surface area contributed by atoms with E-state index in [4.69, 9.17) is 4.43 Å². The van der Waals surface area contributed by atoms with Gasteiger partial charge in [-0.2, -0.15) is 5.10 Å². The lowest BCUT2D eigenvalue weighted by Crippen LogP contribution is -2.11. The molecule has 0 aliphatic rings. The van der Waals surface area contributed by atoms with Gasteiger partial charge in [0, 0.05) is 25.9 Å². The maximum Gasteiger partial charge on any atom is 0.274 e. The summed E-state index contributed by atoms with van der Waals surface area (Å²) in [7, 11) is 1.13. The van der Waals surface area contributed by atoms with Gasteiger partial charge < -0.3 is 4.43 Å². The molecular formula is C15H20N3OSi. The standard InChI is InChI=1S/C15H20N3OSi/c1-12-6-5-7-14(19-20(3)4)15(12)16-9-8-13-10-17-18(2)11-13/h5-7,9-11H,8H2,1-4H3. The average Bonchev–Trinajstić information content (AvgIpc) is 2.78. The van der Waals surface area contributed by atoms with Crippen molar-refractivity contribution in [3.63, 3.8) is 0 Å². The van der Waals surface area contributed by atoms with Crippen LogP contribution in [0.15, 0.2) is 35.6 Å². The molecule has 0 aliphatic heterocycles. The van der Waals surface area contributed by atoms with Gasteiger partial charge in [0.1, 0.15) is 11.4 Å². The summed E-state index contributed by atoms with van der Waals surface area (Å²) in [6.07, 6.45) is 6.56. The number of aromatic nitrogens is 2. The molecule has 0 spiro atoms. The molecule has 105 valence electrons. The van der Waals surface area contributed by atoms with E-state index in [1.54, 1.807) is 4.68 Å². The number of rotatable bonds is 5. The summed E-state index contributed by atoms with van der Waals surface area (Å²) in [6, 6.07) is 6.05. The number of aryl methyl sites for hydroxylation is 2. The molecule has 0 aliphatic carbocycles. The molecule has 0 N–H and O–H groups in total. The van der Waals surface area contributed by atoms with Crippen molar-refractivity contribution in [1.29, 1.82) is 0 Å². The molecule has 1 aromatic carbocycles. The van der Waals surface area contributed by atoms with Crippen LogP contribution < -0.4 is 4.43 Å². The summed E-state index contributed by atoms with van der Waals surface area (Å²) in [5, 5.41) is 4.15. The van der Waals surface area contributed by atoms with E-state index in [0.717, 1.165) is 29.0 Å². The summed E-state index contributed by atoms with van der Waals surface area (Å²) in [5.41, 5.74) is 3.22. The smallest absolute Gasteiger partial charge is 0.274 e. The van der Waals surface area contributed by atoms with Crippen LogP contribution in [-0.2, 0) is 13.5 Å². The minimum atomic E-state index is -0.786. The number of aliphatic imine (C=N–C) groups is 1. The molecule has 1 heterocycles. The van der Waals surface area contributed by atoms with Gasteiger partial charge in [-0.25, -0.2) is 0 Å². The fourth-order valence-corrected chi connectivity index (χ4v) is 2.52. The summed E-state index contributed by atoms with van der Waals surface area (Å²) in [6.45, 7) is 6.30. The second-order valence-corrected chi connectivity index (χ2v) is 6.99. The molecule has 0 unspecified atom stereocenters. The number of para-hydroxylation sites is 1. The number of nitrogens with zero attached hydrogens (tertiary/aromatic N) is 3. The summed E-state index contributed by atoms with van der Waals surface area (Å²) in [4.78, 5) is 4.59. The molecule has 0 saturated heterocycles. The van der Waals surface area contributed by atoms with Crippen molar-refractivity contribution in [3.05, 3.63) is 41.7 Å². The normalized spacial score (nSPS) is 11.4. The zero-order chi connectivity index (χ0) is 14.5. The van der Waals surface area contributed by atoms with E-state index < -0.39 is 9.04 Å². The monoisotopic (exact) mass is 286 g/mol. The van der Waals surface area contributed by atoms with Gasteiger partial charge in [-0.15, -0.1) is 0 Å². The van der Waals surface area contributed by atoms with Gasteiger partial charge in [-0.1, -0.05) is 12.1 Å². The highest BCUT2D eigenvalue weighted by Gasteiger charge is 2.07. The van der Waals surface area contributed by atoms with Crippen LogP contribution >= 0.6 is 0 Å². The van der Waals surface area contributed by atoms with E-state index in [9.17, 15) is 0 Å². The van der Waals surface area contributed by atoms with Crippen molar-refractivity contribution in [2.45, 2.75) is 26.4 Å². The zero-order valence-corrected chi connectivity index (χ0v) is 13.4. The van der Waals surface area contributed by atoms with E-state index in [-0.39, 0.29) is 0 Å². The Balaban J connectivity index is 2.15. The topological polar surface area (TPSA) is 39.4 Å². The van der Waals surface area contributed by atoms with Crippen molar-refractivity contribution in [2.24, 2.45) is 12.0 Å². The molecule has 1 radical (unpaired) electrons. The third-order valence-corrected chi connectivity index (χ3v) is 3.45. The van der Waals surface area contributed by atoms with Gasteiger partial charge in [0.2, 0.25) is 0 Å². The third kappa shape index (κ3) is 3.80. The van der Waals surface area contributed by atoms with E-state index in [1.807, 2.05) is 37.8 Å². The Morgan fingerprint density at radius 1 is 1.40 bits per heavy atom. The Hall–Kier alpha value is -1.88. The lowest BCUT2D eigenvalue weighted by molar-refractivity contribution is 0.581. The SMILES string of the molecule is Cc1cccc(O[Si](C)C)c1N=CCc1cnn(C)c1. The highest BCUT2D eigenvalue weighted by Crippen LogP contribution is 2.31. The van der Waals surface area contributed by atoms with E-state index in [2.05, 4.69) is 36.2 Å². The van der Waals surface area contributed by atoms with Crippen LogP contribution in [-0.4, -0.2) is 25.0 Å². The highest BCUT2D eigenvalue weighted by atomic mass is 28.3. The summed E-state index contributed by atoms with van der Waals surface area (Å²) in [5.74, 6) is 0.881. The first-order chi connectivity index (χ1) is 9.56. The predicted molar refractivity (Wildman–Crippen MR) is 84.4 cm³/mol. The van der Waals surface area contributed by atoms with Crippen LogP contribution in [0.5, 0.6) is 5.75 Å². The Labute approximate surface area is 121 Å². The maximum atomic E-state index is 5.90. The first-order valence-corrected chi connectivity index (χ1v) is 9.05. The summed E-state index contributed by atoms with van der Waals surface area (Å²) >= 11 is 0. The van der Waals surface area contributed by atoms with Crippen molar-refractivity contribution < 1.29 is 4.43 Å². The van der Waals surface area contributed by atoms with Crippen LogP contribution in [0.4, 0.5) is 5.69 Å². The fourth-order valence-electron chi connectivity index (χ4n) is 1.92. The molecule has 5 heteroatoms. The average molecular weight is 286 g/mol. The van der Waals surface area contributed by atoms with Crippen molar-refractivity contribution in [1.82, 2.24) is 9.78 Å². The van der Waals surface area contributed by atoms with Crippen LogP contribution in [0.25, 0.3) is 0 Å². The lowest BCUT2D eigenvalue weighted by Gasteiger charge is -2.12. The lowest BCUT2D eigenvalue weighted by atomic mass is 10.2. The molecule has 2 aromatic rings. The number of hydrogen-bond acceptors (Lipinski definition) is 3. The van der Waals surface area contributed by atoms with Gasteiger partial charge in [0.25, 0.3) is 9.04 Å². The quantitative estimate of drug-likeness (QED) is 0.625. The van der Waals surface area contributed by atoms with Crippen molar-refractivity contribution in [3.8, 4) is 5.75 Å². The van der Waals surface area contributed by atoms with Gasteiger partial charge in [-0.05, 0) is 37.2 Å². The zero-order valence-electron chi connectivity index (χ0n) is 12.4. The van der Waals surface area contributed by atoms with Crippen LogP contribution in [0.2, 0.25) is 13.1 Å². The van der Waals surface area contributed by atoms with Crippen molar-refractivity contribution in [2.75, 3.05) is 0 Å². The molecule has 20 heavy (non-hydrogen) atoms. The largest absolute Gasteiger partial charge is 0.541 e. The van der Waals surface area contributed by atoms with Gasteiger partial charge in [-0.3, -0.25) is 9.67 Å². The Morgan fingerprint density at radius 2 is 2.20 bits per heavy atom. The van der Waals surface area contributed by atoms with Crippen LogP contribution in [0.3, 0.4) is 0 Å². The third-order valence-electron chi connectivity index (χ3n) is 2.82. The van der Waals surface area contributed by atoms with E-state index in [0.29, 0.717) is 0 Å². The molecule has 2 rings (SSSR count). The minimum absolute atomic E-state index is 0.775. The Kier molecular flexibility index (Phi) is 4.73. The molecule has 0 atom stereocenters. The first-order valence-electron chi connectivity index (χ1n) is 6.64. The minimum Gasteiger partial charge on any atom is -0.541 e. The molecular weight excluding hydrogens is 266 g/mol. The highest BCUT2D eigenvalue weighted by molar-refractivity contribution is 6.49. The second-order valence-electron chi connectivity index (χ2n) is 4.97. The van der Waals surface area contributed by atoms with Gasteiger partial charge in [0.15, 0.2) is 0 Å². The second kappa shape index (κ2) is 6.52. The molecule has 0 fully saturated rings. The molecule has 4 nitrogen and oxygen atoms in total. The predicted octanol–water partition coefficient (Wildman–Crippen LogP) is 3.30. The van der Waals surface area contributed by atoms with E-state index >= 15 is 0 Å². The van der Waals surface area contributed by atoms with Crippen LogP contribution in [0, 0.1) is 6.92 Å².